The fourth-order valence-electron chi connectivity index (χ4n) is 2.10. The van der Waals surface area contributed by atoms with E-state index in [2.05, 4.69) is 20.3 Å². The number of aryl methyl sites for hydroxylation is 1. The number of aromatic nitrogens is 3. The van der Waals surface area contributed by atoms with E-state index >= 15 is 0 Å². The molecule has 24 heavy (non-hydrogen) atoms. The maximum absolute atomic E-state index is 12.2. The van der Waals surface area contributed by atoms with Crippen LogP contribution in [0.25, 0.3) is 11.3 Å². The summed E-state index contributed by atoms with van der Waals surface area (Å²) < 4.78 is 0. The molecule has 0 aromatic carbocycles. The molecular weight excluding hydrogens is 322 g/mol. The Morgan fingerprint density at radius 3 is 2.75 bits per heavy atom. The summed E-state index contributed by atoms with van der Waals surface area (Å²) in [4.78, 5) is 24.8. The van der Waals surface area contributed by atoms with E-state index in [1.54, 1.807) is 31.5 Å². The molecule has 0 bridgehead atoms. The van der Waals surface area contributed by atoms with Gasteiger partial charge in [-0.2, -0.15) is 5.26 Å². The van der Waals surface area contributed by atoms with E-state index < -0.39 is 0 Å². The molecule has 3 rings (SSSR count). The molecule has 3 aromatic heterocycles. The van der Waals surface area contributed by atoms with Crippen molar-refractivity contribution in [2.24, 2.45) is 0 Å². The minimum Gasteiger partial charge on any atom is -0.344 e. The summed E-state index contributed by atoms with van der Waals surface area (Å²) in [5.74, 6) is -0.289. The summed E-state index contributed by atoms with van der Waals surface area (Å²) in [7, 11) is 0. The maximum atomic E-state index is 12.2. The molecule has 0 radical (unpaired) electrons. The minimum absolute atomic E-state index is 0.289. The van der Waals surface area contributed by atoms with Crippen LogP contribution in [-0.2, 0) is 6.54 Å². The van der Waals surface area contributed by atoms with E-state index in [1.165, 1.54) is 11.3 Å². The zero-order chi connectivity index (χ0) is 16.9. The first-order chi connectivity index (χ1) is 11.7. The molecule has 0 spiro atoms. The molecule has 0 aliphatic rings. The predicted octanol–water partition coefficient (Wildman–Crippen LogP) is 2.71. The van der Waals surface area contributed by atoms with Gasteiger partial charge in [0.25, 0.3) is 5.91 Å². The van der Waals surface area contributed by atoms with Gasteiger partial charge in [0.2, 0.25) is 0 Å². The number of carbonyl (C=O) groups excluding carboxylic acids is 1. The van der Waals surface area contributed by atoms with Gasteiger partial charge in [-0.15, -0.1) is 11.3 Å². The van der Waals surface area contributed by atoms with E-state index in [0.717, 1.165) is 16.3 Å². The Kier molecular flexibility index (Phi) is 4.59. The van der Waals surface area contributed by atoms with Crippen LogP contribution >= 0.6 is 11.3 Å². The molecule has 0 atom stereocenters. The molecule has 3 aromatic rings. The van der Waals surface area contributed by atoms with Crippen molar-refractivity contribution in [3.63, 3.8) is 0 Å². The first kappa shape index (κ1) is 15.8. The number of rotatable bonds is 4. The summed E-state index contributed by atoms with van der Waals surface area (Å²) in [6.07, 6.45) is 3.43. The van der Waals surface area contributed by atoms with Gasteiger partial charge in [0.15, 0.2) is 0 Å². The highest BCUT2D eigenvalue weighted by atomic mass is 32.1. The van der Waals surface area contributed by atoms with Crippen LogP contribution in [-0.4, -0.2) is 20.9 Å². The van der Waals surface area contributed by atoms with Crippen LogP contribution in [0.1, 0.15) is 26.8 Å². The first-order valence-electron chi connectivity index (χ1n) is 7.18. The van der Waals surface area contributed by atoms with Crippen molar-refractivity contribution in [2.45, 2.75) is 13.5 Å². The van der Waals surface area contributed by atoms with Gasteiger partial charge in [-0.3, -0.25) is 9.78 Å². The van der Waals surface area contributed by atoms with E-state index in [-0.39, 0.29) is 11.6 Å². The van der Waals surface area contributed by atoms with Gasteiger partial charge in [0, 0.05) is 23.3 Å². The molecule has 0 aliphatic heterocycles. The Balaban J connectivity index is 1.66. The molecule has 1 N–H and O–H groups in total. The molecule has 0 saturated heterocycles. The maximum Gasteiger partial charge on any atom is 0.270 e. The molecule has 0 unspecified atom stereocenters. The lowest BCUT2D eigenvalue weighted by Gasteiger charge is -2.04. The number of hydrogen-bond acceptors (Lipinski definition) is 6. The normalized spacial score (nSPS) is 10.2. The van der Waals surface area contributed by atoms with Crippen molar-refractivity contribution in [3.8, 4) is 17.3 Å². The van der Waals surface area contributed by atoms with Gasteiger partial charge in [-0.05, 0) is 31.2 Å². The Hall–Kier alpha value is -3.11. The van der Waals surface area contributed by atoms with Crippen molar-refractivity contribution in [2.75, 3.05) is 0 Å². The van der Waals surface area contributed by atoms with Gasteiger partial charge < -0.3 is 5.32 Å². The van der Waals surface area contributed by atoms with Crippen molar-refractivity contribution in [1.29, 1.82) is 5.26 Å². The van der Waals surface area contributed by atoms with Crippen LogP contribution in [0.4, 0.5) is 0 Å². The number of nitrogens with zero attached hydrogens (tertiary/aromatic N) is 4. The summed E-state index contributed by atoms with van der Waals surface area (Å²) >= 11 is 1.48. The smallest absolute Gasteiger partial charge is 0.270 e. The average molecular weight is 335 g/mol. The number of pyridine rings is 2. The van der Waals surface area contributed by atoms with Crippen LogP contribution in [0.3, 0.4) is 0 Å². The second-order valence-corrected chi connectivity index (χ2v) is 5.93. The van der Waals surface area contributed by atoms with Crippen molar-refractivity contribution in [1.82, 2.24) is 20.3 Å². The quantitative estimate of drug-likeness (QED) is 0.791. The molecule has 1 amide bonds. The molecule has 0 saturated carbocycles. The van der Waals surface area contributed by atoms with E-state index in [9.17, 15) is 4.79 Å². The highest BCUT2D eigenvalue weighted by molar-refractivity contribution is 7.09. The molecule has 7 heteroatoms. The third-order valence-electron chi connectivity index (χ3n) is 3.37. The van der Waals surface area contributed by atoms with Gasteiger partial charge in [-0.25, -0.2) is 9.97 Å². The zero-order valence-corrected chi connectivity index (χ0v) is 13.7. The fraction of sp³-hybridized carbons (Fsp3) is 0.118. The Morgan fingerprint density at radius 2 is 2.04 bits per heavy atom. The third kappa shape index (κ3) is 3.45. The molecule has 118 valence electrons. The number of thiazole rings is 1. The topological polar surface area (TPSA) is 91.6 Å². The van der Waals surface area contributed by atoms with Crippen LogP contribution in [0, 0.1) is 18.3 Å². The van der Waals surface area contributed by atoms with Crippen molar-refractivity contribution in [3.05, 3.63) is 64.0 Å². The van der Waals surface area contributed by atoms with Crippen LogP contribution < -0.4 is 5.32 Å². The molecule has 0 fully saturated rings. The number of nitriles is 1. The fourth-order valence-corrected chi connectivity index (χ4v) is 2.84. The predicted molar refractivity (Wildman–Crippen MR) is 90.2 cm³/mol. The van der Waals surface area contributed by atoms with Gasteiger partial charge in [0.1, 0.15) is 16.8 Å². The SMILES string of the molecule is Cc1nc(C(=O)NCc2nc(-c3ccncc3)cs2)ccc1C#N. The largest absolute Gasteiger partial charge is 0.344 e. The van der Waals surface area contributed by atoms with Gasteiger partial charge in [0.05, 0.1) is 23.5 Å². The second kappa shape index (κ2) is 6.98. The molecule has 3 heterocycles. The number of amides is 1. The standard InChI is InChI=1S/C17H13N5OS/c1-11-13(8-18)2-3-14(21-11)17(23)20-9-16-22-15(10-24-16)12-4-6-19-7-5-12/h2-7,10H,9H2,1H3,(H,20,23). The highest BCUT2D eigenvalue weighted by Gasteiger charge is 2.11. The summed E-state index contributed by atoms with van der Waals surface area (Å²) in [5, 5.41) is 14.4. The lowest BCUT2D eigenvalue weighted by atomic mass is 10.2. The van der Waals surface area contributed by atoms with E-state index in [4.69, 9.17) is 5.26 Å². The monoisotopic (exact) mass is 335 g/mol. The molecule has 0 aliphatic carbocycles. The van der Waals surface area contributed by atoms with Gasteiger partial charge >= 0.3 is 0 Å². The average Bonchev–Trinajstić information content (AvgIpc) is 3.09. The van der Waals surface area contributed by atoms with Gasteiger partial charge in [-0.1, -0.05) is 0 Å². The Labute approximate surface area is 142 Å². The first-order valence-corrected chi connectivity index (χ1v) is 8.06. The van der Waals surface area contributed by atoms with Crippen molar-refractivity contribution < 1.29 is 4.79 Å². The molecular formula is C17H13N5OS. The van der Waals surface area contributed by atoms with E-state index in [0.29, 0.717) is 17.8 Å². The minimum atomic E-state index is -0.289. The highest BCUT2D eigenvalue weighted by Crippen LogP contribution is 2.20. The van der Waals surface area contributed by atoms with Crippen LogP contribution in [0.5, 0.6) is 0 Å². The molecule has 6 nitrogen and oxygen atoms in total. The van der Waals surface area contributed by atoms with Crippen LogP contribution in [0.15, 0.2) is 42.0 Å². The Bertz CT molecular complexity index is 914. The number of carbonyl (C=O) groups is 1. The summed E-state index contributed by atoms with van der Waals surface area (Å²) in [5.41, 5.74) is 3.15. The third-order valence-corrected chi connectivity index (χ3v) is 4.22. The number of hydrogen-bond donors (Lipinski definition) is 1. The summed E-state index contributed by atoms with van der Waals surface area (Å²) in [6, 6.07) is 8.96. The number of nitrogens with one attached hydrogen (secondary N) is 1. The summed E-state index contributed by atoms with van der Waals surface area (Å²) in [6.45, 7) is 2.03. The lowest BCUT2D eigenvalue weighted by Crippen LogP contribution is -2.24. The van der Waals surface area contributed by atoms with E-state index in [1.807, 2.05) is 23.6 Å². The second-order valence-electron chi connectivity index (χ2n) is 4.99. The van der Waals surface area contributed by atoms with Crippen molar-refractivity contribution >= 4 is 17.2 Å². The van der Waals surface area contributed by atoms with Crippen LogP contribution in [0.2, 0.25) is 0 Å². The zero-order valence-electron chi connectivity index (χ0n) is 12.9. The Morgan fingerprint density at radius 1 is 1.25 bits per heavy atom. The lowest BCUT2D eigenvalue weighted by molar-refractivity contribution is 0.0945.